The van der Waals surface area contributed by atoms with Crippen LogP contribution < -0.4 is 9.80 Å². The lowest BCUT2D eigenvalue weighted by atomic mass is 9.86. The minimum Gasteiger partial charge on any atom is -0.323 e. The molecule has 0 amide bonds. The predicted molar refractivity (Wildman–Crippen MR) is 82.9 cm³/mol. The van der Waals surface area contributed by atoms with Crippen LogP contribution in [0.5, 0.6) is 0 Å². The van der Waals surface area contributed by atoms with Gasteiger partial charge in [0.05, 0.1) is 6.04 Å². The van der Waals surface area contributed by atoms with Crippen LogP contribution in [-0.2, 0) is 6.54 Å². The van der Waals surface area contributed by atoms with E-state index in [9.17, 15) is 4.39 Å². The number of hydrogen-bond donors (Lipinski definition) is 2. The first-order valence-electron chi connectivity index (χ1n) is 8.64. The van der Waals surface area contributed by atoms with Gasteiger partial charge in [0.2, 0.25) is 0 Å². The fourth-order valence-corrected chi connectivity index (χ4v) is 4.23. The van der Waals surface area contributed by atoms with Gasteiger partial charge in [0.15, 0.2) is 0 Å². The molecule has 2 N–H and O–H groups in total. The van der Waals surface area contributed by atoms with Gasteiger partial charge in [0.1, 0.15) is 38.5 Å². The van der Waals surface area contributed by atoms with Crippen molar-refractivity contribution < 1.29 is 14.2 Å². The second-order valence-corrected chi connectivity index (χ2v) is 7.15. The molecule has 1 aromatic carbocycles. The van der Waals surface area contributed by atoms with Gasteiger partial charge in [0, 0.05) is 12.0 Å². The Labute approximate surface area is 127 Å². The Balaban J connectivity index is 1.50. The Morgan fingerprint density at radius 2 is 1.86 bits per heavy atom. The fraction of sp³-hybridized carbons (Fsp3) is 0.667. The molecule has 0 spiro atoms. The highest BCUT2D eigenvalue weighted by atomic mass is 19.1. The van der Waals surface area contributed by atoms with Crippen molar-refractivity contribution in [1.82, 2.24) is 0 Å². The van der Waals surface area contributed by atoms with Crippen LogP contribution in [0.15, 0.2) is 24.3 Å². The molecule has 2 aliphatic rings. The van der Waals surface area contributed by atoms with Crippen molar-refractivity contribution in [1.29, 1.82) is 0 Å². The van der Waals surface area contributed by atoms with Gasteiger partial charge >= 0.3 is 0 Å². The van der Waals surface area contributed by atoms with E-state index in [2.05, 4.69) is 6.92 Å². The van der Waals surface area contributed by atoms with E-state index in [1.165, 1.54) is 51.9 Å². The van der Waals surface area contributed by atoms with Crippen LogP contribution in [0, 0.1) is 11.7 Å². The van der Waals surface area contributed by atoms with Crippen molar-refractivity contribution in [2.45, 2.75) is 45.2 Å². The van der Waals surface area contributed by atoms with Gasteiger partial charge in [-0.2, -0.15) is 0 Å². The Morgan fingerprint density at radius 3 is 2.57 bits per heavy atom. The lowest BCUT2D eigenvalue weighted by Gasteiger charge is -2.37. The molecule has 3 heteroatoms. The molecular weight excluding hydrogens is 263 g/mol. The van der Waals surface area contributed by atoms with E-state index in [0.717, 1.165) is 24.1 Å². The maximum Gasteiger partial charge on any atom is 0.132 e. The molecule has 0 aromatic heterocycles. The summed E-state index contributed by atoms with van der Waals surface area (Å²) in [6, 6.07) is 8.14. The van der Waals surface area contributed by atoms with Crippen molar-refractivity contribution >= 4 is 0 Å². The summed E-state index contributed by atoms with van der Waals surface area (Å²) in [5, 5.41) is 0. The lowest BCUT2D eigenvalue weighted by Crippen LogP contribution is -3.29. The second-order valence-electron chi connectivity index (χ2n) is 7.15. The monoisotopic (exact) mass is 292 g/mol. The van der Waals surface area contributed by atoms with Crippen LogP contribution in [0.3, 0.4) is 0 Å². The standard InChI is InChI=1S/C18H27FN2/c1-15-5-4-7-17(13-15)21-11-9-20(10-12-21)14-16-6-2-3-8-18(16)19/h2-3,6,8,15,17H,4-5,7,9-14H2,1H3/p+2/t15-,17-/m1/s1. The summed E-state index contributed by atoms with van der Waals surface area (Å²) in [4.78, 5) is 3.37. The largest absolute Gasteiger partial charge is 0.323 e. The maximum absolute atomic E-state index is 13.7. The Bertz CT molecular complexity index is 454. The van der Waals surface area contributed by atoms with Crippen LogP contribution in [0.1, 0.15) is 38.2 Å². The van der Waals surface area contributed by atoms with Gasteiger partial charge < -0.3 is 9.80 Å². The van der Waals surface area contributed by atoms with Crippen LogP contribution in [0.4, 0.5) is 4.39 Å². The molecule has 2 nitrogen and oxygen atoms in total. The average molecular weight is 292 g/mol. The Kier molecular flexibility index (Phi) is 4.91. The first-order chi connectivity index (χ1) is 10.2. The van der Waals surface area contributed by atoms with E-state index >= 15 is 0 Å². The minimum atomic E-state index is -0.0409. The molecule has 0 unspecified atom stereocenters. The van der Waals surface area contributed by atoms with E-state index in [1.807, 2.05) is 17.0 Å². The number of piperazine rings is 1. The molecule has 1 saturated carbocycles. The van der Waals surface area contributed by atoms with Gasteiger partial charge in [-0.25, -0.2) is 4.39 Å². The molecule has 116 valence electrons. The Hall–Kier alpha value is -0.930. The molecule has 1 aliphatic heterocycles. The van der Waals surface area contributed by atoms with E-state index < -0.39 is 0 Å². The summed E-state index contributed by atoms with van der Waals surface area (Å²) in [5.74, 6) is 0.876. The third-order valence-electron chi connectivity index (χ3n) is 5.51. The lowest BCUT2D eigenvalue weighted by molar-refractivity contribution is -1.03. The summed E-state index contributed by atoms with van der Waals surface area (Å²) in [5.41, 5.74) is 0.877. The summed E-state index contributed by atoms with van der Waals surface area (Å²) >= 11 is 0. The topological polar surface area (TPSA) is 8.88 Å². The molecule has 0 radical (unpaired) electrons. The van der Waals surface area contributed by atoms with Crippen molar-refractivity contribution in [2.24, 2.45) is 5.92 Å². The van der Waals surface area contributed by atoms with Crippen molar-refractivity contribution in [3.63, 3.8) is 0 Å². The molecule has 1 aliphatic carbocycles. The highest BCUT2D eigenvalue weighted by Gasteiger charge is 2.32. The summed E-state index contributed by atoms with van der Waals surface area (Å²) in [6.45, 7) is 8.16. The number of quaternary nitrogens is 2. The van der Waals surface area contributed by atoms with Crippen LogP contribution in [0.2, 0.25) is 0 Å². The third-order valence-corrected chi connectivity index (χ3v) is 5.51. The summed E-state index contributed by atoms with van der Waals surface area (Å²) < 4.78 is 13.7. The van der Waals surface area contributed by atoms with E-state index in [4.69, 9.17) is 0 Å². The Morgan fingerprint density at radius 1 is 1.10 bits per heavy atom. The zero-order valence-electron chi connectivity index (χ0n) is 13.2. The minimum absolute atomic E-state index is 0.0409. The second kappa shape index (κ2) is 6.89. The molecule has 2 fully saturated rings. The van der Waals surface area contributed by atoms with E-state index in [0.29, 0.717) is 0 Å². The van der Waals surface area contributed by atoms with Gasteiger partial charge in [-0.05, 0) is 24.8 Å². The predicted octanol–water partition coefficient (Wildman–Crippen LogP) is 0.688. The highest BCUT2D eigenvalue weighted by molar-refractivity contribution is 5.15. The zero-order chi connectivity index (χ0) is 14.7. The quantitative estimate of drug-likeness (QED) is 0.811. The molecule has 21 heavy (non-hydrogen) atoms. The number of benzene rings is 1. The molecule has 2 atom stereocenters. The maximum atomic E-state index is 13.7. The molecule has 3 rings (SSSR count). The van der Waals surface area contributed by atoms with E-state index in [-0.39, 0.29) is 5.82 Å². The molecular formula is C18H29FN2+2. The smallest absolute Gasteiger partial charge is 0.132 e. The first kappa shape index (κ1) is 15.0. The van der Waals surface area contributed by atoms with Crippen LogP contribution in [-0.4, -0.2) is 32.2 Å². The van der Waals surface area contributed by atoms with Crippen molar-refractivity contribution in [2.75, 3.05) is 26.2 Å². The average Bonchev–Trinajstić information content (AvgIpc) is 2.50. The highest BCUT2D eigenvalue weighted by Crippen LogP contribution is 2.21. The fourth-order valence-electron chi connectivity index (χ4n) is 4.23. The number of halogens is 1. The third kappa shape index (κ3) is 3.83. The van der Waals surface area contributed by atoms with E-state index in [1.54, 1.807) is 17.0 Å². The SMILES string of the molecule is C[C@@H]1CCC[C@@H]([NH+]2CC[NH+](Cc3ccccc3F)CC2)C1. The molecule has 1 saturated heterocycles. The number of rotatable bonds is 3. The first-order valence-corrected chi connectivity index (χ1v) is 8.64. The van der Waals surface area contributed by atoms with Crippen LogP contribution in [0.25, 0.3) is 0 Å². The van der Waals surface area contributed by atoms with Crippen molar-refractivity contribution in [3.8, 4) is 0 Å². The molecule has 1 aromatic rings. The number of nitrogens with one attached hydrogen (secondary N) is 2. The molecule has 1 heterocycles. The van der Waals surface area contributed by atoms with Crippen molar-refractivity contribution in [3.05, 3.63) is 35.6 Å². The van der Waals surface area contributed by atoms with Gasteiger partial charge in [0.25, 0.3) is 0 Å². The zero-order valence-corrected chi connectivity index (χ0v) is 13.2. The van der Waals surface area contributed by atoms with Crippen LogP contribution >= 0.6 is 0 Å². The van der Waals surface area contributed by atoms with Gasteiger partial charge in [-0.1, -0.05) is 31.5 Å². The normalized spacial score (nSPS) is 33.8. The summed E-state index contributed by atoms with van der Waals surface area (Å²) in [6.07, 6.45) is 5.68. The summed E-state index contributed by atoms with van der Waals surface area (Å²) in [7, 11) is 0. The van der Waals surface area contributed by atoms with Gasteiger partial charge in [-0.15, -0.1) is 0 Å². The molecule has 0 bridgehead atoms. The van der Waals surface area contributed by atoms with Gasteiger partial charge in [-0.3, -0.25) is 0 Å². The number of hydrogen-bond acceptors (Lipinski definition) is 0.